The van der Waals surface area contributed by atoms with Crippen molar-refractivity contribution in [1.29, 1.82) is 0 Å². The number of hydrogen-bond donors (Lipinski definition) is 2. The van der Waals surface area contributed by atoms with Gasteiger partial charge in [0, 0.05) is 0 Å². The number of thioether (sulfide) groups is 1. The number of benzene rings is 1. The maximum atomic E-state index is 13.1. The third-order valence-corrected chi connectivity index (χ3v) is 6.30. The van der Waals surface area contributed by atoms with Gasteiger partial charge in [-0.2, -0.15) is 0 Å². The van der Waals surface area contributed by atoms with Crippen LogP contribution >= 0.6 is 11.8 Å². The molecule has 2 atom stereocenters. The van der Waals surface area contributed by atoms with Crippen LogP contribution in [0.1, 0.15) is 58.6 Å². The molecule has 0 aliphatic heterocycles. The van der Waals surface area contributed by atoms with Gasteiger partial charge in [0.1, 0.15) is 17.6 Å². The highest BCUT2D eigenvalue weighted by atomic mass is 32.2. The van der Waals surface area contributed by atoms with Crippen molar-refractivity contribution in [2.45, 2.75) is 70.7 Å². The Morgan fingerprint density at radius 1 is 1.03 bits per heavy atom. The van der Waals surface area contributed by atoms with Crippen molar-refractivity contribution in [2.75, 3.05) is 12.4 Å². The van der Waals surface area contributed by atoms with Crippen LogP contribution in [0.25, 0.3) is 0 Å². The van der Waals surface area contributed by atoms with E-state index in [0.29, 0.717) is 24.3 Å². The molecule has 7 nitrogen and oxygen atoms in total. The molecule has 0 radical (unpaired) electrons. The number of carbonyl (C=O) groups is 3. The van der Waals surface area contributed by atoms with Gasteiger partial charge in [0.25, 0.3) is 0 Å². The number of amides is 2. The van der Waals surface area contributed by atoms with Gasteiger partial charge in [-0.05, 0) is 43.0 Å². The molecule has 0 spiro atoms. The average molecular weight is 503 g/mol. The van der Waals surface area contributed by atoms with Crippen molar-refractivity contribution < 1.29 is 23.5 Å². The van der Waals surface area contributed by atoms with E-state index in [2.05, 4.69) is 10.6 Å². The summed E-state index contributed by atoms with van der Waals surface area (Å²) in [5.41, 5.74) is 0. The molecule has 8 heteroatoms. The molecule has 0 saturated heterocycles. The van der Waals surface area contributed by atoms with Crippen LogP contribution in [-0.2, 0) is 20.1 Å². The molecule has 2 N–H and O–H groups in total. The van der Waals surface area contributed by atoms with E-state index in [1.807, 2.05) is 63.2 Å². The summed E-state index contributed by atoms with van der Waals surface area (Å²) in [6, 6.07) is 11.7. The second-order valence-corrected chi connectivity index (χ2v) is 9.89. The third kappa shape index (κ3) is 11.5. The molecule has 0 aliphatic carbocycles. The Balaban J connectivity index is 1.89. The lowest BCUT2D eigenvalue weighted by atomic mass is 10.0. The highest BCUT2D eigenvalue weighted by Gasteiger charge is 2.27. The zero-order valence-corrected chi connectivity index (χ0v) is 21.8. The standard InChI is InChI=1S/C27H38N2O5S/c1-4-5-13-23(25(30)19-35-18-22-12-9-15-33-22)29-27(32)24(17-20(2)3)28-26(31)14-16-34-21-10-7-6-8-11-21/h6-12,15,20,23-24H,4-5,13-14,16-19H2,1-3H3,(H,28,31)(H,29,32). The SMILES string of the molecule is CCCCC(NC(=O)C(CC(C)C)NC(=O)CCOc1ccccc1)C(=O)CSCc1ccco1. The molecular weight excluding hydrogens is 464 g/mol. The molecule has 1 heterocycles. The first-order chi connectivity index (χ1) is 16.9. The van der Waals surface area contributed by atoms with E-state index in [1.165, 1.54) is 11.8 Å². The molecule has 2 rings (SSSR count). The lowest BCUT2D eigenvalue weighted by Gasteiger charge is -2.24. The zero-order valence-electron chi connectivity index (χ0n) is 21.0. The largest absolute Gasteiger partial charge is 0.493 e. The van der Waals surface area contributed by atoms with Gasteiger partial charge in [-0.1, -0.05) is 51.8 Å². The van der Waals surface area contributed by atoms with E-state index in [-0.39, 0.29) is 42.3 Å². The molecule has 2 unspecified atom stereocenters. The van der Waals surface area contributed by atoms with Gasteiger partial charge in [-0.3, -0.25) is 14.4 Å². The molecule has 35 heavy (non-hydrogen) atoms. The number of ether oxygens (including phenoxy) is 1. The first-order valence-electron chi connectivity index (χ1n) is 12.3. The first kappa shape index (κ1) is 28.5. The van der Waals surface area contributed by atoms with Crippen molar-refractivity contribution >= 4 is 29.4 Å². The van der Waals surface area contributed by atoms with Crippen molar-refractivity contribution in [2.24, 2.45) is 5.92 Å². The summed E-state index contributed by atoms with van der Waals surface area (Å²) in [6.07, 6.45) is 4.57. The Labute approximate surface area is 212 Å². The summed E-state index contributed by atoms with van der Waals surface area (Å²) in [5, 5.41) is 5.75. The number of Topliss-reactive ketones (excluding diaryl/α,β-unsaturated/α-hetero) is 1. The van der Waals surface area contributed by atoms with E-state index in [4.69, 9.17) is 9.15 Å². The number of nitrogens with one attached hydrogen (secondary N) is 2. The Morgan fingerprint density at radius 3 is 2.46 bits per heavy atom. The minimum Gasteiger partial charge on any atom is -0.493 e. The smallest absolute Gasteiger partial charge is 0.243 e. The lowest BCUT2D eigenvalue weighted by Crippen LogP contribution is -2.52. The van der Waals surface area contributed by atoms with Crippen LogP contribution in [-0.4, -0.2) is 42.0 Å². The molecule has 2 amide bonds. The number of ketones is 1. The van der Waals surface area contributed by atoms with Crippen LogP contribution in [0.5, 0.6) is 5.75 Å². The lowest BCUT2D eigenvalue weighted by molar-refractivity contribution is -0.131. The number of rotatable bonds is 17. The van der Waals surface area contributed by atoms with Gasteiger partial charge in [0.15, 0.2) is 5.78 Å². The summed E-state index contributed by atoms with van der Waals surface area (Å²) in [7, 11) is 0. The summed E-state index contributed by atoms with van der Waals surface area (Å²) in [5.74, 6) is 1.99. The number of hydrogen-bond acceptors (Lipinski definition) is 6. The molecule has 1 aromatic heterocycles. The zero-order chi connectivity index (χ0) is 25.5. The Kier molecular flexibility index (Phi) is 13.0. The van der Waals surface area contributed by atoms with Crippen LogP contribution in [0, 0.1) is 5.92 Å². The second kappa shape index (κ2) is 16.0. The van der Waals surface area contributed by atoms with Crippen molar-refractivity contribution in [1.82, 2.24) is 10.6 Å². The topological polar surface area (TPSA) is 97.6 Å². The summed E-state index contributed by atoms with van der Waals surface area (Å²) in [6.45, 7) is 6.26. The molecule has 0 fully saturated rings. The van der Waals surface area contributed by atoms with E-state index in [9.17, 15) is 14.4 Å². The number of unbranched alkanes of at least 4 members (excludes halogenated alkanes) is 1. The number of furan rings is 1. The summed E-state index contributed by atoms with van der Waals surface area (Å²) in [4.78, 5) is 38.5. The van der Waals surface area contributed by atoms with Crippen LogP contribution < -0.4 is 15.4 Å². The van der Waals surface area contributed by atoms with Crippen molar-refractivity contribution in [3.8, 4) is 5.75 Å². The van der Waals surface area contributed by atoms with E-state index in [0.717, 1.165) is 18.6 Å². The predicted octanol–water partition coefficient (Wildman–Crippen LogP) is 4.76. The number of carbonyl (C=O) groups excluding carboxylic acids is 3. The monoisotopic (exact) mass is 502 g/mol. The summed E-state index contributed by atoms with van der Waals surface area (Å²) >= 11 is 1.47. The fourth-order valence-electron chi connectivity index (χ4n) is 3.49. The maximum absolute atomic E-state index is 13.1. The average Bonchev–Trinajstić information content (AvgIpc) is 3.35. The fourth-order valence-corrected chi connectivity index (χ4v) is 4.36. The third-order valence-electron chi connectivity index (χ3n) is 5.32. The van der Waals surface area contributed by atoms with E-state index < -0.39 is 12.1 Å². The van der Waals surface area contributed by atoms with Gasteiger partial charge in [0.05, 0.1) is 36.8 Å². The highest BCUT2D eigenvalue weighted by Crippen LogP contribution is 2.15. The minimum absolute atomic E-state index is 0.0192. The Hall–Kier alpha value is -2.74. The van der Waals surface area contributed by atoms with Crippen LogP contribution in [0.4, 0.5) is 0 Å². The Morgan fingerprint density at radius 2 is 1.80 bits per heavy atom. The Bertz CT molecular complexity index is 886. The first-order valence-corrected chi connectivity index (χ1v) is 13.4. The second-order valence-electron chi connectivity index (χ2n) is 8.90. The molecule has 0 saturated carbocycles. The highest BCUT2D eigenvalue weighted by molar-refractivity contribution is 7.99. The van der Waals surface area contributed by atoms with Gasteiger partial charge < -0.3 is 19.8 Å². The quantitative estimate of drug-likeness (QED) is 0.324. The van der Waals surface area contributed by atoms with Crippen molar-refractivity contribution in [3.63, 3.8) is 0 Å². The van der Waals surface area contributed by atoms with Crippen LogP contribution in [0.2, 0.25) is 0 Å². The van der Waals surface area contributed by atoms with Crippen molar-refractivity contribution in [3.05, 3.63) is 54.5 Å². The maximum Gasteiger partial charge on any atom is 0.243 e. The fraction of sp³-hybridized carbons (Fsp3) is 0.519. The van der Waals surface area contributed by atoms with Gasteiger partial charge in [0.2, 0.25) is 11.8 Å². The molecule has 1 aromatic carbocycles. The molecule has 192 valence electrons. The normalized spacial score (nSPS) is 12.7. The molecular formula is C27H38N2O5S. The van der Waals surface area contributed by atoms with E-state index in [1.54, 1.807) is 6.26 Å². The van der Waals surface area contributed by atoms with Crippen LogP contribution in [0.15, 0.2) is 53.1 Å². The summed E-state index contributed by atoms with van der Waals surface area (Å²) < 4.78 is 10.9. The predicted molar refractivity (Wildman–Crippen MR) is 139 cm³/mol. The minimum atomic E-state index is -0.702. The molecule has 0 bridgehead atoms. The van der Waals surface area contributed by atoms with Gasteiger partial charge in [-0.15, -0.1) is 11.8 Å². The van der Waals surface area contributed by atoms with E-state index >= 15 is 0 Å². The number of para-hydroxylation sites is 1. The molecule has 2 aromatic rings. The van der Waals surface area contributed by atoms with Gasteiger partial charge >= 0.3 is 0 Å². The molecule has 0 aliphatic rings. The van der Waals surface area contributed by atoms with Crippen LogP contribution in [0.3, 0.4) is 0 Å². The van der Waals surface area contributed by atoms with Gasteiger partial charge in [-0.25, -0.2) is 0 Å².